The molecular weight excluding hydrogens is 394 g/mol. The molecule has 8 nitrogen and oxygen atoms in total. The number of nitrogens with zero attached hydrogens (tertiary/aromatic N) is 2. The number of hydrogen-bond donors (Lipinski definition) is 2. The molecule has 1 amide bonds. The number of halogens is 1. The van der Waals surface area contributed by atoms with Crippen molar-refractivity contribution < 1.29 is 22.8 Å². The fourth-order valence-corrected chi connectivity index (χ4v) is 5.18. The molecule has 0 saturated carbocycles. The average molecular weight is 414 g/mol. The Bertz CT molecular complexity index is 953. The highest BCUT2D eigenvalue weighted by Gasteiger charge is 2.36. The van der Waals surface area contributed by atoms with Crippen LogP contribution in [-0.4, -0.2) is 42.0 Å². The Morgan fingerprint density at radius 2 is 2.15 bits per heavy atom. The third-order valence-corrected chi connectivity index (χ3v) is 6.88. The second-order valence-electron chi connectivity index (χ2n) is 6.51. The van der Waals surface area contributed by atoms with Gasteiger partial charge in [-0.25, -0.2) is 8.42 Å². The zero-order valence-electron chi connectivity index (χ0n) is 14.9. The molecule has 1 atom stereocenters. The molecule has 10 heteroatoms. The van der Waals surface area contributed by atoms with Gasteiger partial charge in [-0.1, -0.05) is 16.8 Å². The number of amides is 1. The van der Waals surface area contributed by atoms with Crippen LogP contribution in [0, 0.1) is 19.8 Å². The minimum absolute atomic E-state index is 0.0412. The maximum absolute atomic E-state index is 13.0. The lowest BCUT2D eigenvalue weighted by atomic mass is 9.98. The average Bonchev–Trinajstić information content (AvgIpc) is 2.97. The number of hydrogen-bond acceptors (Lipinski definition) is 6. The summed E-state index contributed by atoms with van der Waals surface area (Å²) in [6.45, 7) is 3.47. The first-order valence-electron chi connectivity index (χ1n) is 8.42. The molecule has 0 bridgehead atoms. The lowest BCUT2D eigenvalue weighted by molar-refractivity contribution is -0.120. The summed E-state index contributed by atoms with van der Waals surface area (Å²) in [5.74, 6) is -0.801. The van der Waals surface area contributed by atoms with Gasteiger partial charge in [0.1, 0.15) is 16.3 Å². The molecule has 1 aliphatic rings. The van der Waals surface area contributed by atoms with Crippen LogP contribution in [0.5, 0.6) is 5.75 Å². The van der Waals surface area contributed by atoms with Gasteiger partial charge in [-0.3, -0.25) is 4.79 Å². The van der Waals surface area contributed by atoms with Crippen molar-refractivity contribution >= 4 is 33.2 Å². The van der Waals surface area contributed by atoms with Crippen molar-refractivity contribution in [2.24, 2.45) is 5.92 Å². The van der Waals surface area contributed by atoms with E-state index in [0.29, 0.717) is 30.1 Å². The van der Waals surface area contributed by atoms with Crippen molar-refractivity contribution in [1.29, 1.82) is 0 Å². The van der Waals surface area contributed by atoms with Gasteiger partial charge in [0.05, 0.1) is 11.6 Å². The molecule has 2 heterocycles. The number of aromatic hydroxyl groups is 1. The summed E-state index contributed by atoms with van der Waals surface area (Å²) in [7, 11) is -3.81. The van der Waals surface area contributed by atoms with Crippen LogP contribution in [0.15, 0.2) is 27.6 Å². The van der Waals surface area contributed by atoms with Gasteiger partial charge in [0.15, 0.2) is 5.76 Å². The highest BCUT2D eigenvalue weighted by molar-refractivity contribution is 7.89. The monoisotopic (exact) mass is 413 g/mol. The van der Waals surface area contributed by atoms with Gasteiger partial charge in [-0.15, -0.1) is 0 Å². The van der Waals surface area contributed by atoms with Crippen LogP contribution in [0.3, 0.4) is 0 Å². The van der Waals surface area contributed by atoms with Crippen LogP contribution >= 0.6 is 11.6 Å². The second kappa shape index (κ2) is 7.49. The number of anilines is 1. The smallest absolute Gasteiger partial charge is 0.248 e. The van der Waals surface area contributed by atoms with E-state index in [9.17, 15) is 18.3 Å². The van der Waals surface area contributed by atoms with Crippen LogP contribution in [0.2, 0.25) is 5.02 Å². The van der Waals surface area contributed by atoms with Crippen LogP contribution < -0.4 is 5.32 Å². The molecule has 2 N–H and O–H groups in total. The molecule has 2 aromatic rings. The van der Waals surface area contributed by atoms with Gasteiger partial charge in [0.25, 0.3) is 0 Å². The maximum Gasteiger partial charge on any atom is 0.248 e. The zero-order valence-corrected chi connectivity index (χ0v) is 16.5. The summed E-state index contributed by atoms with van der Waals surface area (Å²) >= 11 is 5.89. The molecule has 1 fully saturated rings. The van der Waals surface area contributed by atoms with Gasteiger partial charge < -0.3 is 14.9 Å². The first kappa shape index (κ1) is 19.7. The van der Waals surface area contributed by atoms with E-state index in [4.69, 9.17) is 16.1 Å². The van der Waals surface area contributed by atoms with E-state index in [1.165, 1.54) is 22.5 Å². The molecule has 1 aromatic carbocycles. The van der Waals surface area contributed by atoms with Crippen LogP contribution in [-0.2, 0) is 14.8 Å². The largest absolute Gasteiger partial charge is 0.506 e. The minimum Gasteiger partial charge on any atom is -0.506 e. The number of benzene rings is 1. The third kappa shape index (κ3) is 3.95. The summed E-state index contributed by atoms with van der Waals surface area (Å²) in [6.07, 6.45) is 1.09. The summed E-state index contributed by atoms with van der Waals surface area (Å²) in [6, 6.07) is 4.33. The first-order valence-corrected chi connectivity index (χ1v) is 10.2. The summed E-state index contributed by atoms with van der Waals surface area (Å²) < 4.78 is 32.2. The fourth-order valence-electron chi connectivity index (χ4n) is 3.19. The SMILES string of the molecule is Cc1noc(C)c1S(=O)(=O)N1CCCC(C(=O)Nc2cc(Cl)ccc2O)C1. The summed E-state index contributed by atoms with van der Waals surface area (Å²) in [5.41, 5.74) is 0.487. The van der Waals surface area contributed by atoms with E-state index in [0.717, 1.165) is 0 Å². The molecule has 3 rings (SSSR count). The molecule has 0 radical (unpaired) electrons. The number of aryl methyl sites for hydroxylation is 2. The molecule has 1 aromatic heterocycles. The fraction of sp³-hybridized carbons (Fsp3) is 0.412. The van der Waals surface area contributed by atoms with Gasteiger partial charge in [-0.2, -0.15) is 4.31 Å². The van der Waals surface area contributed by atoms with Crippen molar-refractivity contribution in [3.8, 4) is 5.75 Å². The minimum atomic E-state index is -3.81. The summed E-state index contributed by atoms with van der Waals surface area (Å²) in [4.78, 5) is 12.7. The molecule has 146 valence electrons. The Morgan fingerprint density at radius 3 is 2.81 bits per heavy atom. The molecule has 0 aliphatic carbocycles. The number of phenolic OH excluding ortho intramolecular Hbond substituents is 1. The van der Waals surface area contributed by atoms with E-state index in [1.807, 2.05) is 0 Å². The van der Waals surface area contributed by atoms with Crippen molar-refractivity contribution in [3.05, 3.63) is 34.7 Å². The van der Waals surface area contributed by atoms with Gasteiger partial charge in [0, 0.05) is 18.1 Å². The Balaban J connectivity index is 1.78. The molecule has 1 aliphatic heterocycles. The first-order chi connectivity index (χ1) is 12.7. The number of rotatable bonds is 4. The predicted molar refractivity (Wildman–Crippen MR) is 99.2 cm³/mol. The van der Waals surface area contributed by atoms with E-state index in [1.54, 1.807) is 13.8 Å². The predicted octanol–water partition coefficient (Wildman–Crippen LogP) is 2.69. The number of piperidine rings is 1. The van der Waals surface area contributed by atoms with Crippen LogP contribution in [0.25, 0.3) is 0 Å². The van der Waals surface area contributed by atoms with Crippen molar-refractivity contribution in [2.75, 3.05) is 18.4 Å². The topological polar surface area (TPSA) is 113 Å². The van der Waals surface area contributed by atoms with Crippen LogP contribution in [0.4, 0.5) is 5.69 Å². The molecular formula is C17H20ClN3O5S. The standard InChI is InChI=1S/C17H20ClN3O5S/c1-10-16(11(2)26-20-10)27(24,25)21-7-3-4-12(9-21)17(23)19-14-8-13(18)5-6-15(14)22/h5-6,8,12,22H,3-4,7,9H2,1-2H3,(H,19,23). The van der Waals surface area contributed by atoms with Gasteiger partial charge >= 0.3 is 0 Å². The second-order valence-corrected chi connectivity index (χ2v) is 8.82. The van der Waals surface area contributed by atoms with E-state index >= 15 is 0 Å². The van der Waals surface area contributed by atoms with Crippen LogP contribution in [0.1, 0.15) is 24.3 Å². The zero-order chi connectivity index (χ0) is 19.8. The lowest BCUT2D eigenvalue weighted by Crippen LogP contribution is -2.43. The van der Waals surface area contributed by atoms with Crippen molar-refractivity contribution in [1.82, 2.24) is 9.46 Å². The number of nitrogens with one attached hydrogen (secondary N) is 1. The van der Waals surface area contributed by atoms with E-state index in [-0.39, 0.29) is 34.5 Å². The van der Waals surface area contributed by atoms with Gasteiger partial charge in [-0.05, 0) is 44.9 Å². The molecule has 1 saturated heterocycles. The molecule has 1 unspecified atom stereocenters. The highest BCUT2D eigenvalue weighted by atomic mass is 35.5. The lowest BCUT2D eigenvalue weighted by Gasteiger charge is -2.31. The Labute approximate surface area is 162 Å². The number of phenols is 1. The Kier molecular flexibility index (Phi) is 5.45. The summed E-state index contributed by atoms with van der Waals surface area (Å²) in [5, 5.41) is 16.6. The Hall–Kier alpha value is -2.10. The van der Waals surface area contributed by atoms with Crippen molar-refractivity contribution in [2.45, 2.75) is 31.6 Å². The normalized spacial score (nSPS) is 18.4. The Morgan fingerprint density at radius 1 is 1.41 bits per heavy atom. The number of carbonyl (C=O) groups is 1. The van der Waals surface area contributed by atoms with Gasteiger partial charge in [0.2, 0.25) is 15.9 Å². The number of sulfonamides is 1. The highest BCUT2D eigenvalue weighted by Crippen LogP contribution is 2.30. The van der Waals surface area contributed by atoms with E-state index in [2.05, 4.69) is 10.5 Å². The molecule has 0 spiro atoms. The molecule has 27 heavy (non-hydrogen) atoms. The van der Waals surface area contributed by atoms with E-state index < -0.39 is 15.9 Å². The van der Waals surface area contributed by atoms with Crippen molar-refractivity contribution in [3.63, 3.8) is 0 Å². The maximum atomic E-state index is 13.0. The third-order valence-electron chi connectivity index (χ3n) is 4.54. The number of aromatic nitrogens is 1. The number of carbonyl (C=O) groups excluding carboxylic acids is 1. The quantitative estimate of drug-likeness (QED) is 0.745.